The van der Waals surface area contributed by atoms with Crippen molar-refractivity contribution in [3.8, 4) is 11.8 Å². The summed E-state index contributed by atoms with van der Waals surface area (Å²) in [4.78, 5) is 3.45. The number of thiophene rings is 1. The maximum absolute atomic E-state index is 15.6. The highest BCUT2D eigenvalue weighted by molar-refractivity contribution is 7.12. The second-order valence-electron chi connectivity index (χ2n) is 7.81. The van der Waals surface area contributed by atoms with E-state index in [1.165, 1.54) is 6.07 Å². The van der Waals surface area contributed by atoms with Gasteiger partial charge in [-0.2, -0.15) is 22.0 Å². The molecule has 2 atom stereocenters. The molecule has 3 heterocycles. The van der Waals surface area contributed by atoms with Crippen molar-refractivity contribution in [3.05, 3.63) is 86.9 Å². The number of aliphatic hydroxyl groups excluding tert-OH is 1. The number of hydrogen-bond acceptors (Lipinski definition) is 6. The third-order valence-electron chi connectivity index (χ3n) is 5.26. The summed E-state index contributed by atoms with van der Waals surface area (Å²) in [6, 6.07) is 6.06. The molecule has 1 aliphatic heterocycles. The van der Waals surface area contributed by atoms with E-state index in [1.54, 1.807) is 0 Å². The third kappa shape index (κ3) is 5.24. The number of hydrogen-bond donors (Lipinski definition) is 2. The minimum absolute atomic E-state index is 0.104. The molecular weight excluding hydrogens is 529 g/mol. The van der Waals surface area contributed by atoms with E-state index in [2.05, 4.69) is 27.1 Å². The third-order valence-corrected chi connectivity index (χ3v) is 6.31. The molecule has 37 heavy (non-hydrogen) atoms. The number of pyridine rings is 1. The molecule has 3 aromatic rings. The van der Waals surface area contributed by atoms with Crippen LogP contribution in [0.2, 0.25) is 0 Å². The Morgan fingerprint density at radius 3 is 2.30 bits per heavy atom. The first-order chi connectivity index (χ1) is 17.3. The number of β-amino-alcohol motifs (C(OH)–C–C–N with tert-alkyl or cyclic N) is 1. The first-order valence-electron chi connectivity index (χ1n) is 10.2. The molecular formula is C23H14F7N4O2S+. The van der Waals surface area contributed by atoms with Gasteiger partial charge < -0.3 is 10.2 Å². The number of halogens is 7. The Hall–Kier alpha value is -3.67. The molecule has 0 aliphatic carbocycles. The minimum Gasteiger partial charge on any atom is -0.379 e. The Bertz CT molecular complexity index is 1440. The second kappa shape index (κ2) is 9.66. The highest BCUT2D eigenvalue weighted by Crippen LogP contribution is 2.46. The van der Waals surface area contributed by atoms with E-state index in [0.717, 1.165) is 41.5 Å². The van der Waals surface area contributed by atoms with Crippen LogP contribution in [0.25, 0.3) is 0 Å². The lowest BCUT2D eigenvalue weighted by Gasteiger charge is -2.35. The van der Waals surface area contributed by atoms with Crippen molar-refractivity contribution in [2.45, 2.75) is 23.8 Å². The standard InChI is InChI=1S/C23H14F7N4O2S/c24-14-3-6-16(17(25)9-14)21(36,11-34-12-32-33-34)22(26,27)19-8-2-13(10-31-19)1-4-15-5-7-18(37-15)20(35)23(28,29)30/h2-3,5-10,12,20,35-36H,11H2/q+1. The molecule has 0 spiro atoms. The summed E-state index contributed by atoms with van der Waals surface area (Å²) >= 11 is 0.608. The number of nitrogens with zero attached hydrogens (tertiary/aromatic N) is 4. The van der Waals surface area contributed by atoms with Gasteiger partial charge >= 0.3 is 12.1 Å². The fourth-order valence-electron chi connectivity index (χ4n) is 3.34. The van der Waals surface area contributed by atoms with Gasteiger partial charge in [0.25, 0.3) is 6.34 Å². The van der Waals surface area contributed by atoms with Crippen molar-refractivity contribution in [1.82, 2.24) is 4.98 Å². The van der Waals surface area contributed by atoms with E-state index in [9.17, 15) is 32.2 Å². The molecule has 0 bridgehead atoms. The van der Waals surface area contributed by atoms with Crippen LogP contribution in [0.1, 0.15) is 32.7 Å². The number of rotatable bonds is 6. The fourth-order valence-corrected chi connectivity index (χ4v) is 4.21. The first kappa shape index (κ1) is 26.4. The minimum atomic E-state index is -4.84. The van der Waals surface area contributed by atoms with Crippen LogP contribution in [0, 0.1) is 23.5 Å². The zero-order chi connectivity index (χ0) is 27.0. The highest BCUT2D eigenvalue weighted by Gasteiger charge is 2.59. The van der Waals surface area contributed by atoms with E-state index in [1.807, 2.05) is 0 Å². The lowest BCUT2D eigenvalue weighted by Crippen LogP contribution is -2.50. The zero-order valence-corrected chi connectivity index (χ0v) is 19.0. The van der Waals surface area contributed by atoms with Crippen LogP contribution in [0.15, 0.2) is 59.0 Å². The van der Waals surface area contributed by atoms with Crippen molar-refractivity contribution in [2.75, 3.05) is 6.54 Å². The molecule has 0 saturated carbocycles. The van der Waals surface area contributed by atoms with Crippen molar-refractivity contribution in [2.24, 2.45) is 10.3 Å². The van der Waals surface area contributed by atoms with Gasteiger partial charge in [0.1, 0.15) is 23.9 Å². The Balaban J connectivity index is 1.62. The van der Waals surface area contributed by atoms with Crippen molar-refractivity contribution in [1.29, 1.82) is 0 Å². The van der Waals surface area contributed by atoms with Gasteiger partial charge in [0, 0.05) is 33.4 Å². The molecule has 2 unspecified atom stereocenters. The topological polar surface area (TPSA) is 81.1 Å². The lowest BCUT2D eigenvalue weighted by atomic mass is 9.84. The molecule has 2 aromatic heterocycles. The average Bonchev–Trinajstić information content (AvgIpc) is 3.28. The van der Waals surface area contributed by atoms with Gasteiger partial charge in [-0.25, -0.2) is 8.78 Å². The SMILES string of the molecule is OC(c1ccc(C#Cc2ccc(C(F)(F)C(O)(C[N+]3=NN=C3)c3ccc(F)cc3F)nc2)s1)C(F)(F)F. The molecule has 0 fully saturated rings. The average molecular weight is 543 g/mol. The zero-order valence-electron chi connectivity index (χ0n) is 18.2. The maximum Gasteiger partial charge on any atom is 0.419 e. The Morgan fingerprint density at radius 2 is 1.73 bits per heavy atom. The molecule has 4 rings (SSSR count). The van der Waals surface area contributed by atoms with E-state index < -0.39 is 53.2 Å². The van der Waals surface area contributed by atoms with Gasteiger partial charge in [-0.15, -0.1) is 16.0 Å². The summed E-state index contributed by atoms with van der Waals surface area (Å²) in [7, 11) is 0. The molecule has 14 heteroatoms. The van der Waals surface area contributed by atoms with Crippen LogP contribution >= 0.6 is 11.3 Å². The number of alkyl halides is 5. The second-order valence-corrected chi connectivity index (χ2v) is 8.92. The quantitative estimate of drug-likeness (QED) is 0.266. The Labute approximate surface area is 208 Å². The van der Waals surface area contributed by atoms with Gasteiger partial charge in [0.2, 0.25) is 0 Å². The van der Waals surface area contributed by atoms with Gasteiger partial charge in [-0.3, -0.25) is 4.98 Å². The Morgan fingerprint density at radius 1 is 1.00 bits per heavy atom. The normalized spacial score (nSPS) is 15.8. The monoisotopic (exact) mass is 543 g/mol. The van der Waals surface area contributed by atoms with Crippen LogP contribution in [0.3, 0.4) is 0 Å². The van der Waals surface area contributed by atoms with Crippen LogP contribution in [-0.2, 0) is 11.5 Å². The summed E-state index contributed by atoms with van der Waals surface area (Å²) < 4.78 is 97.8. The van der Waals surface area contributed by atoms with Crippen molar-refractivity contribution in [3.63, 3.8) is 0 Å². The summed E-state index contributed by atoms with van der Waals surface area (Å²) in [5, 5.41) is 27.1. The lowest BCUT2D eigenvalue weighted by molar-refractivity contribution is -0.527. The summed E-state index contributed by atoms with van der Waals surface area (Å²) in [5.41, 5.74) is -5.00. The first-order valence-corrected chi connectivity index (χ1v) is 11.0. The van der Waals surface area contributed by atoms with Crippen LogP contribution in [0.4, 0.5) is 30.7 Å². The molecule has 2 N–H and O–H groups in total. The smallest absolute Gasteiger partial charge is 0.379 e. The van der Waals surface area contributed by atoms with E-state index in [4.69, 9.17) is 0 Å². The predicted molar refractivity (Wildman–Crippen MR) is 116 cm³/mol. The Kier molecular flexibility index (Phi) is 6.89. The highest BCUT2D eigenvalue weighted by atomic mass is 32.1. The van der Waals surface area contributed by atoms with E-state index in [0.29, 0.717) is 23.5 Å². The van der Waals surface area contributed by atoms with Crippen LogP contribution in [-0.4, -0.2) is 39.0 Å². The van der Waals surface area contributed by atoms with Gasteiger partial charge in [0.15, 0.2) is 11.7 Å². The van der Waals surface area contributed by atoms with Crippen molar-refractivity contribution < 1.29 is 45.6 Å². The largest absolute Gasteiger partial charge is 0.419 e. The van der Waals surface area contributed by atoms with Gasteiger partial charge in [-0.05, 0) is 36.4 Å². The van der Waals surface area contributed by atoms with Crippen LogP contribution in [0.5, 0.6) is 0 Å². The number of aromatic nitrogens is 1. The van der Waals surface area contributed by atoms with Crippen LogP contribution < -0.4 is 0 Å². The molecule has 6 nitrogen and oxygen atoms in total. The molecule has 1 aromatic carbocycles. The predicted octanol–water partition coefficient (Wildman–Crippen LogP) is 4.82. The molecule has 0 radical (unpaired) electrons. The molecule has 0 saturated heterocycles. The van der Waals surface area contributed by atoms with E-state index in [-0.39, 0.29) is 15.3 Å². The summed E-state index contributed by atoms with van der Waals surface area (Å²) in [5.74, 6) is -1.56. The fraction of sp³-hybridized carbons (Fsp3) is 0.217. The maximum atomic E-state index is 15.6. The van der Waals surface area contributed by atoms with Crippen molar-refractivity contribution >= 4 is 17.7 Å². The molecule has 0 amide bonds. The number of benzene rings is 1. The van der Waals surface area contributed by atoms with Gasteiger partial charge in [0.05, 0.1) is 10.1 Å². The summed E-state index contributed by atoms with van der Waals surface area (Å²) in [6.07, 6.45) is -5.53. The number of aliphatic hydroxyl groups is 2. The van der Waals surface area contributed by atoms with Gasteiger partial charge in [-0.1, -0.05) is 11.8 Å². The molecule has 1 aliphatic rings. The molecule has 192 valence electrons. The van der Waals surface area contributed by atoms with E-state index >= 15 is 8.78 Å². The summed E-state index contributed by atoms with van der Waals surface area (Å²) in [6.45, 7) is -0.931.